The lowest BCUT2D eigenvalue weighted by molar-refractivity contribution is -0.121. The fourth-order valence-electron chi connectivity index (χ4n) is 2.78. The van der Waals surface area contributed by atoms with E-state index in [9.17, 15) is 9.59 Å². The van der Waals surface area contributed by atoms with Gasteiger partial charge in [-0.25, -0.2) is 0 Å². The van der Waals surface area contributed by atoms with Crippen molar-refractivity contribution in [2.45, 2.75) is 47.0 Å². The molecule has 0 spiro atoms. The Kier molecular flexibility index (Phi) is 2.84. The largest absolute Gasteiger partial charge is 0.295 e. The Morgan fingerprint density at radius 3 is 2.59 bits per heavy atom. The summed E-state index contributed by atoms with van der Waals surface area (Å²) in [5, 5.41) is 0. The van der Waals surface area contributed by atoms with Crippen molar-refractivity contribution in [3.05, 3.63) is 22.8 Å². The quantitative estimate of drug-likeness (QED) is 0.642. The molecule has 0 amide bonds. The lowest BCUT2D eigenvalue weighted by Crippen LogP contribution is -2.19. The van der Waals surface area contributed by atoms with Crippen LogP contribution in [-0.4, -0.2) is 11.6 Å². The Hall–Kier alpha value is -1.18. The summed E-state index contributed by atoms with van der Waals surface area (Å²) in [7, 11) is 0. The van der Waals surface area contributed by atoms with E-state index in [-0.39, 0.29) is 17.0 Å². The minimum Gasteiger partial charge on any atom is -0.295 e. The molecule has 2 heteroatoms. The average molecular weight is 232 g/mol. The molecule has 0 saturated heterocycles. The van der Waals surface area contributed by atoms with E-state index in [4.69, 9.17) is 0 Å². The molecule has 2 nitrogen and oxygen atoms in total. The molecule has 17 heavy (non-hydrogen) atoms. The van der Waals surface area contributed by atoms with Gasteiger partial charge in [0.15, 0.2) is 11.6 Å². The molecule has 0 bridgehead atoms. The predicted molar refractivity (Wildman–Crippen MR) is 67.6 cm³/mol. The van der Waals surface area contributed by atoms with Crippen LogP contribution in [0.2, 0.25) is 0 Å². The molecule has 0 fully saturated rings. The van der Waals surface area contributed by atoms with Crippen LogP contribution < -0.4 is 0 Å². The third-order valence-electron chi connectivity index (χ3n) is 4.04. The highest BCUT2D eigenvalue weighted by atomic mass is 16.1. The minimum atomic E-state index is -0.289. The monoisotopic (exact) mass is 232 g/mol. The Labute approximate surface area is 103 Å². The molecule has 0 radical (unpaired) electrons. The molecule has 92 valence electrons. The summed E-state index contributed by atoms with van der Waals surface area (Å²) in [6.07, 6.45) is 4.14. The van der Waals surface area contributed by atoms with E-state index in [1.807, 2.05) is 26.8 Å². The number of carbonyl (C=O) groups is 2. The number of hydrogen-bond acceptors (Lipinski definition) is 2. The van der Waals surface area contributed by atoms with E-state index in [1.165, 1.54) is 5.57 Å². The van der Waals surface area contributed by atoms with Crippen molar-refractivity contribution in [2.24, 2.45) is 11.3 Å². The van der Waals surface area contributed by atoms with E-state index in [1.54, 1.807) is 0 Å². The van der Waals surface area contributed by atoms with Gasteiger partial charge in [-0.05, 0) is 37.3 Å². The van der Waals surface area contributed by atoms with Crippen LogP contribution in [-0.2, 0) is 9.59 Å². The van der Waals surface area contributed by atoms with Crippen molar-refractivity contribution in [1.29, 1.82) is 0 Å². The molecular formula is C15H20O2. The second-order valence-corrected chi connectivity index (χ2v) is 6.02. The second-order valence-electron chi connectivity index (χ2n) is 6.02. The van der Waals surface area contributed by atoms with Crippen LogP contribution in [0.4, 0.5) is 0 Å². The van der Waals surface area contributed by atoms with Gasteiger partial charge in [-0.3, -0.25) is 9.59 Å². The first-order chi connectivity index (χ1) is 7.83. The predicted octanol–water partition coefficient (Wildman–Crippen LogP) is 3.23. The van der Waals surface area contributed by atoms with E-state index in [0.29, 0.717) is 12.3 Å². The third-order valence-corrected chi connectivity index (χ3v) is 4.04. The van der Waals surface area contributed by atoms with Crippen molar-refractivity contribution in [3.8, 4) is 0 Å². The highest BCUT2D eigenvalue weighted by molar-refractivity contribution is 6.07. The zero-order chi connectivity index (χ0) is 12.8. The molecule has 2 aliphatic carbocycles. The number of carbonyl (C=O) groups excluding carboxylic acids is 2. The molecule has 2 aliphatic rings. The molecule has 0 aromatic rings. The number of rotatable bonds is 0. The van der Waals surface area contributed by atoms with Gasteiger partial charge < -0.3 is 0 Å². The van der Waals surface area contributed by atoms with Crippen LogP contribution in [0.3, 0.4) is 0 Å². The molecular weight excluding hydrogens is 212 g/mol. The van der Waals surface area contributed by atoms with E-state index in [2.05, 4.69) is 6.92 Å². The zero-order valence-electron chi connectivity index (χ0n) is 11.1. The summed E-state index contributed by atoms with van der Waals surface area (Å²) in [6.45, 7) is 7.95. The molecule has 0 heterocycles. The topological polar surface area (TPSA) is 34.1 Å². The minimum absolute atomic E-state index is 0.181. The van der Waals surface area contributed by atoms with Gasteiger partial charge in [0.25, 0.3) is 0 Å². The highest BCUT2D eigenvalue weighted by Gasteiger charge is 2.40. The zero-order valence-corrected chi connectivity index (χ0v) is 11.1. The smallest absolute Gasteiger partial charge is 0.168 e. The summed E-state index contributed by atoms with van der Waals surface area (Å²) in [6, 6.07) is 0. The molecule has 0 aliphatic heterocycles. The molecule has 1 atom stereocenters. The first-order valence-corrected chi connectivity index (χ1v) is 6.32. The van der Waals surface area contributed by atoms with Crippen molar-refractivity contribution in [3.63, 3.8) is 0 Å². The number of Topliss-reactive ketones (excluding diaryl/α,β-unsaturated/α-hetero) is 2. The van der Waals surface area contributed by atoms with Crippen LogP contribution >= 0.6 is 0 Å². The number of ketones is 2. The molecule has 0 saturated carbocycles. The standard InChI is InChI=1S/C15H20O2/c1-9-5-6-13(16)10(2)7-11-12(9)8-15(3,4)14(11)17/h7,9H,5-6,8H2,1-4H3. The van der Waals surface area contributed by atoms with Crippen molar-refractivity contribution in [1.82, 2.24) is 0 Å². The van der Waals surface area contributed by atoms with Gasteiger partial charge in [-0.15, -0.1) is 0 Å². The normalized spacial score (nSPS) is 28.7. The fourth-order valence-corrected chi connectivity index (χ4v) is 2.78. The fraction of sp³-hybridized carbons (Fsp3) is 0.600. The summed E-state index contributed by atoms with van der Waals surface area (Å²) in [5.41, 5.74) is 2.51. The summed E-state index contributed by atoms with van der Waals surface area (Å²) >= 11 is 0. The van der Waals surface area contributed by atoms with Crippen molar-refractivity contribution in [2.75, 3.05) is 0 Å². The second kappa shape index (κ2) is 3.94. The maximum atomic E-state index is 12.3. The maximum Gasteiger partial charge on any atom is 0.168 e. The van der Waals surface area contributed by atoms with E-state index >= 15 is 0 Å². The molecule has 0 aromatic carbocycles. The van der Waals surface area contributed by atoms with Crippen molar-refractivity contribution < 1.29 is 9.59 Å². The first kappa shape index (κ1) is 12.3. The van der Waals surface area contributed by atoms with Gasteiger partial charge in [-0.1, -0.05) is 26.3 Å². The SMILES string of the molecule is CC1=CC2=C(CC(C)(C)C2=O)C(C)CCC1=O. The lowest BCUT2D eigenvalue weighted by Gasteiger charge is -2.18. The summed E-state index contributed by atoms with van der Waals surface area (Å²) in [4.78, 5) is 24.1. The Morgan fingerprint density at radius 1 is 1.29 bits per heavy atom. The van der Waals surface area contributed by atoms with Crippen LogP contribution in [0.5, 0.6) is 0 Å². The maximum absolute atomic E-state index is 12.3. The van der Waals surface area contributed by atoms with Gasteiger partial charge in [0.2, 0.25) is 0 Å². The Bertz CT molecular complexity index is 450. The van der Waals surface area contributed by atoms with E-state index < -0.39 is 0 Å². The van der Waals surface area contributed by atoms with Crippen LogP contribution in [0.15, 0.2) is 22.8 Å². The van der Waals surface area contributed by atoms with Gasteiger partial charge in [-0.2, -0.15) is 0 Å². The average Bonchev–Trinajstić information content (AvgIpc) is 2.47. The van der Waals surface area contributed by atoms with Gasteiger partial charge in [0.1, 0.15) is 0 Å². The highest BCUT2D eigenvalue weighted by Crippen LogP contribution is 2.44. The first-order valence-electron chi connectivity index (χ1n) is 6.32. The molecule has 0 aromatic heterocycles. The number of allylic oxidation sites excluding steroid dienone is 4. The number of hydrogen-bond donors (Lipinski definition) is 0. The van der Waals surface area contributed by atoms with Crippen LogP contribution in [0.1, 0.15) is 47.0 Å². The summed E-state index contributed by atoms with van der Waals surface area (Å²) in [5.74, 6) is 0.735. The van der Waals surface area contributed by atoms with Crippen LogP contribution in [0, 0.1) is 11.3 Å². The van der Waals surface area contributed by atoms with Crippen LogP contribution in [0.25, 0.3) is 0 Å². The van der Waals surface area contributed by atoms with Gasteiger partial charge in [0, 0.05) is 17.4 Å². The molecule has 0 N–H and O–H groups in total. The Balaban J connectivity index is 2.51. The summed E-state index contributed by atoms with van der Waals surface area (Å²) < 4.78 is 0. The lowest BCUT2D eigenvalue weighted by atomic mass is 9.85. The molecule has 1 unspecified atom stereocenters. The third kappa shape index (κ3) is 2.01. The Morgan fingerprint density at radius 2 is 1.94 bits per heavy atom. The van der Waals surface area contributed by atoms with Gasteiger partial charge >= 0.3 is 0 Å². The van der Waals surface area contributed by atoms with Gasteiger partial charge in [0.05, 0.1) is 0 Å². The van der Waals surface area contributed by atoms with Crippen molar-refractivity contribution >= 4 is 11.6 Å². The van der Waals surface area contributed by atoms with E-state index in [0.717, 1.165) is 24.0 Å². The molecule has 2 rings (SSSR count).